The molecule has 1 aromatic carbocycles. The van der Waals surface area contributed by atoms with Crippen LogP contribution in [0.5, 0.6) is 0 Å². The van der Waals surface area contributed by atoms with Gasteiger partial charge in [0.25, 0.3) is 0 Å². The lowest BCUT2D eigenvalue weighted by molar-refractivity contribution is 0.0694. The van der Waals surface area contributed by atoms with E-state index in [4.69, 9.17) is 5.11 Å². The highest BCUT2D eigenvalue weighted by atomic mass is 19.1. The van der Waals surface area contributed by atoms with Crippen molar-refractivity contribution in [3.63, 3.8) is 0 Å². The molecule has 0 bridgehead atoms. The van der Waals surface area contributed by atoms with Gasteiger partial charge >= 0.3 is 5.97 Å². The molecule has 0 saturated carbocycles. The number of benzene rings is 1. The zero-order chi connectivity index (χ0) is 15.0. The number of halogens is 2. The molecule has 20 heavy (non-hydrogen) atoms. The van der Waals surface area contributed by atoms with E-state index in [0.717, 1.165) is 12.1 Å². The molecular formula is C14H11F2NO3. The molecule has 0 radical (unpaired) electrons. The summed E-state index contributed by atoms with van der Waals surface area (Å²) in [6.45, 7) is 1.56. The molecule has 0 fully saturated rings. The predicted octanol–water partition coefficient (Wildman–Crippen LogP) is 2.34. The normalized spacial score (nSPS) is 10.6. The lowest BCUT2D eigenvalue weighted by atomic mass is 10.0. The van der Waals surface area contributed by atoms with E-state index in [-0.39, 0.29) is 11.1 Å². The van der Waals surface area contributed by atoms with Gasteiger partial charge in [0.2, 0.25) is 5.43 Å². The molecule has 0 aliphatic rings. The molecule has 0 aliphatic carbocycles. The summed E-state index contributed by atoms with van der Waals surface area (Å²) in [7, 11) is 1.55. The van der Waals surface area contributed by atoms with Crippen LogP contribution in [0.1, 0.15) is 16.1 Å². The highest BCUT2D eigenvalue weighted by molar-refractivity contribution is 5.89. The van der Waals surface area contributed by atoms with Crippen LogP contribution in [-0.4, -0.2) is 15.6 Å². The summed E-state index contributed by atoms with van der Waals surface area (Å²) < 4.78 is 28.2. The van der Waals surface area contributed by atoms with Crippen LogP contribution in [0.15, 0.2) is 29.2 Å². The Morgan fingerprint density at radius 2 is 1.95 bits per heavy atom. The van der Waals surface area contributed by atoms with Crippen LogP contribution in [0, 0.1) is 18.6 Å². The average molecular weight is 279 g/mol. The van der Waals surface area contributed by atoms with Crippen molar-refractivity contribution in [1.82, 2.24) is 4.57 Å². The van der Waals surface area contributed by atoms with E-state index in [0.29, 0.717) is 11.8 Å². The van der Waals surface area contributed by atoms with Crippen molar-refractivity contribution in [1.29, 1.82) is 0 Å². The summed E-state index contributed by atoms with van der Waals surface area (Å²) in [5.74, 6) is -3.07. The number of carbonyl (C=O) groups is 1. The summed E-state index contributed by atoms with van der Waals surface area (Å²) in [5, 5.41) is 9.00. The van der Waals surface area contributed by atoms with Crippen molar-refractivity contribution in [2.24, 2.45) is 7.05 Å². The number of carboxylic acids is 1. The van der Waals surface area contributed by atoms with Gasteiger partial charge in [0, 0.05) is 30.6 Å². The second-order valence-corrected chi connectivity index (χ2v) is 4.37. The monoisotopic (exact) mass is 279 g/mol. The predicted molar refractivity (Wildman–Crippen MR) is 68.7 cm³/mol. The third-order valence-electron chi connectivity index (χ3n) is 3.12. The molecule has 1 heterocycles. The summed E-state index contributed by atoms with van der Waals surface area (Å²) in [6.07, 6.45) is 1.17. The lowest BCUT2D eigenvalue weighted by Gasteiger charge is -2.12. The fourth-order valence-electron chi connectivity index (χ4n) is 1.99. The van der Waals surface area contributed by atoms with Gasteiger partial charge in [0.05, 0.1) is 5.56 Å². The van der Waals surface area contributed by atoms with Gasteiger partial charge in [-0.25, -0.2) is 13.6 Å². The van der Waals surface area contributed by atoms with Crippen LogP contribution in [-0.2, 0) is 7.05 Å². The van der Waals surface area contributed by atoms with Crippen molar-refractivity contribution in [2.45, 2.75) is 6.92 Å². The molecule has 104 valence electrons. The second kappa shape index (κ2) is 4.88. The van der Waals surface area contributed by atoms with Gasteiger partial charge in [-0.05, 0) is 19.1 Å². The van der Waals surface area contributed by atoms with Crippen LogP contribution >= 0.6 is 0 Å². The van der Waals surface area contributed by atoms with Crippen molar-refractivity contribution in [3.05, 3.63) is 57.5 Å². The second-order valence-electron chi connectivity index (χ2n) is 4.37. The third-order valence-corrected chi connectivity index (χ3v) is 3.12. The third kappa shape index (κ3) is 2.20. The average Bonchev–Trinajstić information content (AvgIpc) is 2.36. The Morgan fingerprint density at radius 3 is 2.50 bits per heavy atom. The van der Waals surface area contributed by atoms with E-state index >= 15 is 0 Å². The largest absolute Gasteiger partial charge is 0.477 e. The van der Waals surface area contributed by atoms with Crippen LogP contribution in [0.25, 0.3) is 11.1 Å². The van der Waals surface area contributed by atoms with Gasteiger partial charge in [-0.3, -0.25) is 4.79 Å². The first-order chi connectivity index (χ1) is 9.32. The Kier molecular flexibility index (Phi) is 3.40. The Balaban J connectivity index is 2.86. The summed E-state index contributed by atoms with van der Waals surface area (Å²) >= 11 is 0. The van der Waals surface area contributed by atoms with Crippen LogP contribution in [0.4, 0.5) is 8.78 Å². The number of aromatic nitrogens is 1. The van der Waals surface area contributed by atoms with Gasteiger partial charge in [0.15, 0.2) is 0 Å². The first-order valence-corrected chi connectivity index (χ1v) is 5.72. The molecule has 4 nitrogen and oxygen atoms in total. The number of nitrogens with zero attached hydrogens (tertiary/aromatic N) is 1. The Bertz CT molecular complexity index is 766. The van der Waals surface area contributed by atoms with Crippen LogP contribution < -0.4 is 5.43 Å². The molecule has 1 aromatic heterocycles. The minimum Gasteiger partial charge on any atom is -0.477 e. The molecule has 2 aromatic rings. The zero-order valence-corrected chi connectivity index (χ0v) is 10.8. The van der Waals surface area contributed by atoms with Gasteiger partial charge < -0.3 is 9.67 Å². The summed E-state index contributed by atoms with van der Waals surface area (Å²) in [4.78, 5) is 23.2. The van der Waals surface area contributed by atoms with Gasteiger partial charge in [0.1, 0.15) is 17.2 Å². The van der Waals surface area contributed by atoms with Gasteiger partial charge in [-0.2, -0.15) is 0 Å². The van der Waals surface area contributed by atoms with Gasteiger partial charge in [-0.15, -0.1) is 0 Å². The quantitative estimate of drug-likeness (QED) is 0.917. The number of hydrogen-bond donors (Lipinski definition) is 1. The number of pyridine rings is 1. The zero-order valence-electron chi connectivity index (χ0n) is 10.8. The van der Waals surface area contributed by atoms with E-state index in [2.05, 4.69) is 0 Å². The molecule has 1 N–H and O–H groups in total. The molecule has 0 amide bonds. The number of aromatic carboxylic acids is 1. The Labute approximate surface area is 112 Å². The molecule has 0 saturated heterocycles. The highest BCUT2D eigenvalue weighted by Crippen LogP contribution is 2.24. The Morgan fingerprint density at radius 1 is 1.30 bits per heavy atom. The Hall–Kier alpha value is -2.50. The number of carboxylic acid groups (broad SMARTS) is 1. The van der Waals surface area contributed by atoms with Crippen LogP contribution in [0.3, 0.4) is 0 Å². The fraction of sp³-hybridized carbons (Fsp3) is 0.143. The first kappa shape index (κ1) is 13.9. The summed E-state index contributed by atoms with van der Waals surface area (Å²) in [6, 6.07) is 2.80. The maximum absolute atomic E-state index is 13.8. The smallest absolute Gasteiger partial charge is 0.341 e. The van der Waals surface area contributed by atoms with Crippen molar-refractivity contribution in [2.75, 3.05) is 0 Å². The minimum atomic E-state index is -1.39. The number of aryl methyl sites for hydroxylation is 1. The van der Waals surface area contributed by atoms with E-state index in [1.807, 2.05) is 0 Å². The standard InChI is InChI=1S/C14H11F2NO3/c1-7-12(9-4-3-8(15)5-11(9)16)13(18)10(14(19)20)6-17(7)2/h3-6H,1-2H3,(H,19,20). The van der Waals surface area contributed by atoms with E-state index < -0.39 is 28.6 Å². The van der Waals surface area contributed by atoms with Gasteiger partial charge in [-0.1, -0.05) is 0 Å². The molecule has 0 unspecified atom stereocenters. The first-order valence-electron chi connectivity index (χ1n) is 5.72. The van der Waals surface area contributed by atoms with Crippen LogP contribution in [0.2, 0.25) is 0 Å². The van der Waals surface area contributed by atoms with E-state index in [9.17, 15) is 18.4 Å². The highest BCUT2D eigenvalue weighted by Gasteiger charge is 2.19. The van der Waals surface area contributed by atoms with E-state index in [1.165, 1.54) is 10.8 Å². The molecular weight excluding hydrogens is 268 g/mol. The maximum atomic E-state index is 13.8. The SMILES string of the molecule is Cc1c(-c2ccc(F)cc2F)c(=O)c(C(=O)O)cn1C. The lowest BCUT2D eigenvalue weighted by Crippen LogP contribution is -2.21. The van der Waals surface area contributed by atoms with E-state index in [1.54, 1.807) is 14.0 Å². The molecule has 0 atom stereocenters. The van der Waals surface area contributed by atoms with Crippen molar-refractivity contribution < 1.29 is 18.7 Å². The minimum absolute atomic E-state index is 0.0788. The fourth-order valence-corrected chi connectivity index (χ4v) is 1.99. The van der Waals surface area contributed by atoms with Crippen molar-refractivity contribution in [3.8, 4) is 11.1 Å². The molecule has 2 rings (SSSR count). The molecule has 6 heteroatoms. The topological polar surface area (TPSA) is 59.3 Å². The summed E-state index contributed by atoms with van der Waals surface area (Å²) in [5.41, 5.74) is -1.06. The molecule has 0 spiro atoms. The number of hydrogen-bond acceptors (Lipinski definition) is 2. The number of rotatable bonds is 2. The van der Waals surface area contributed by atoms with Crippen molar-refractivity contribution >= 4 is 5.97 Å². The maximum Gasteiger partial charge on any atom is 0.341 e. The molecule has 0 aliphatic heterocycles.